The lowest BCUT2D eigenvalue weighted by molar-refractivity contribution is 0.282. The second-order valence-corrected chi connectivity index (χ2v) is 3.55. The normalized spacial score (nSPS) is 9.90. The maximum atomic E-state index is 8.76. The highest BCUT2D eigenvalue weighted by molar-refractivity contribution is 14.1. The van der Waals surface area contributed by atoms with Crippen LogP contribution in [0.4, 0.5) is 0 Å². The van der Waals surface area contributed by atoms with Crippen molar-refractivity contribution in [1.29, 1.82) is 0 Å². The minimum atomic E-state index is 0.00960. The van der Waals surface area contributed by atoms with Crippen LogP contribution < -0.4 is 0 Å². The predicted octanol–water partition coefficient (Wildman–Crippen LogP) is 2.44. The van der Waals surface area contributed by atoms with E-state index < -0.39 is 0 Å². The average Bonchev–Trinajstić information content (AvgIpc) is 1.94. The Balaban J connectivity index is 3.09. The summed E-state index contributed by atoms with van der Waals surface area (Å²) in [5, 5.41) is 9.38. The molecule has 0 heterocycles. The molecule has 0 amide bonds. The molecule has 1 N–H and O–H groups in total. The molecule has 0 spiro atoms. The van der Waals surface area contributed by atoms with Crippen molar-refractivity contribution >= 4 is 34.2 Å². The number of rotatable bonds is 1. The molecular weight excluding hydrogens is 262 g/mol. The Morgan fingerprint density at radius 1 is 1.50 bits per heavy atom. The van der Waals surface area contributed by atoms with E-state index in [2.05, 4.69) is 22.6 Å². The molecule has 0 aliphatic carbocycles. The summed E-state index contributed by atoms with van der Waals surface area (Å²) >= 11 is 7.91. The van der Waals surface area contributed by atoms with Gasteiger partial charge < -0.3 is 5.11 Å². The van der Waals surface area contributed by atoms with E-state index in [4.69, 9.17) is 16.7 Å². The Labute approximate surface area is 78.2 Å². The van der Waals surface area contributed by atoms with Crippen LogP contribution in [0, 0.1) is 3.57 Å². The number of benzene rings is 1. The molecule has 0 unspecified atom stereocenters. The first-order valence-electron chi connectivity index (χ1n) is 2.79. The topological polar surface area (TPSA) is 20.2 Å². The Kier molecular flexibility index (Phi) is 2.95. The lowest BCUT2D eigenvalue weighted by atomic mass is 10.2. The standard InChI is InChI=1S/C7H6ClIO/c8-7-2-1-6(9)3-5(7)4-10/h1-3,10H,4H2. The predicted molar refractivity (Wildman–Crippen MR) is 50.1 cm³/mol. The zero-order valence-electron chi connectivity index (χ0n) is 5.14. The third-order valence-electron chi connectivity index (χ3n) is 1.18. The molecule has 1 aromatic carbocycles. The molecule has 0 aromatic heterocycles. The van der Waals surface area contributed by atoms with Crippen LogP contribution in [0.3, 0.4) is 0 Å². The Morgan fingerprint density at radius 2 is 2.20 bits per heavy atom. The van der Waals surface area contributed by atoms with E-state index in [1.165, 1.54) is 0 Å². The van der Waals surface area contributed by atoms with E-state index in [1.807, 2.05) is 12.1 Å². The van der Waals surface area contributed by atoms with E-state index in [-0.39, 0.29) is 6.61 Å². The van der Waals surface area contributed by atoms with Gasteiger partial charge >= 0.3 is 0 Å². The van der Waals surface area contributed by atoms with Crippen molar-refractivity contribution in [2.24, 2.45) is 0 Å². The van der Waals surface area contributed by atoms with Crippen molar-refractivity contribution < 1.29 is 5.11 Å². The van der Waals surface area contributed by atoms with E-state index in [0.717, 1.165) is 9.13 Å². The van der Waals surface area contributed by atoms with Crippen LogP contribution >= 0.6 is 34.2 Å². The summed E-state index contributed by atoms with van der Waals surface area (Å²) in [7, 11) is 0. The summed E-state index contributed by atoms with van der Waals surface area (Å²) in [6.07, 6.45) is 0. The smallest absolute Gasteiger partial charge is 0.0696 e. The third kappa shape index (κ3) is 1.84. The molecule has 0 aliphatic rings. The number of halogens is 2. The SMILES string of the molecule is OCc1cc(I)ccc1Cl. The monoisotopic (exact) mass is 268 g/mol. The van der Waals surface area contributed by atoms with Gasteiger partial charge in [-0.15, -0.1) is 0 Å². The highest BCUT2D eigenvalue weighted by atomic mass is 127. The first-order valence-corrected chi connectivity index (χ1v) is 4.24. The minimum Gasteiger partial charge on any atom is -0.392 e. The molecule has 1 rings (SSSR count). The van der Waals surface area contributed by atoms with Gasteiger partial charge in [-0.1, -0.05) is 11.6 Å². The van der Waals surface area contributed by atoms with Gasteiger partial charge in [0.25, 0.3) is 0 Å². The van der Waals surface area contributed by atoms with Gasteiger partial charge in [0.2, 0.25) is 0 Å². The maximum Gasteiger partial charge on any atom is 0.0696 e. The van der Waals surface area contributed by atoms with Crippen LogP contribution in [0.25, 0.3) is 0 Å². The number of aliphatic hydroxyl groups is 1. The van der Waals surface area contributed by atoms with Crippen molar-refractivity contribution in [3.8, 4) is 0 Å². The molecule has 0 fully saturated rings. The second kappa shape index (κ2) is 3.55. The lowest BCUT2D eigenvalue weighted by Crippen LogP contribution is -1.84. The minimum absolute atomic E-state index is 0.00960. The molecule has 54 valence electrons. The summed E-state index contributed by atoms with van der Waals surface area (Å²) in [6, 6.07) is 5.56. The summed E-state index contributed by atoms with van der Waals surface area (Å²) in [6.45, 7) is 0.00960. The van der Waals surface area contributed by atoms with Crippen LogP contribution in [0.1, 0.15) is 5.56 Å². The van der Waals surface area contributed by atoms with E-state index >= 15 is 0 Å². The maximum absolute atomic E-state index is 8.76. The largest absolute Gasteiger partial charge is 0.392 e. The number of hydrogen-bond acceptors (Lipinski definition) is 1. The molecule has 3 heteroatoms. The molecular formula is C7H6ClIO. The van der Waals surface area contributed by atoms with Gasteiger partial charge in [0.05, 0.1) is 6.61 Å². The third-order valence-corrected chi connectivity index (χ3v) is 2.22. The van der Waals surface area contributed by atoms with Gasteiger partial charge in [-0.3, -0.25) is 0 Å². The fourth-order valence-electron chi connectivity index (χ4n) is 0.664. The first-order chi connectivity index (χ1) is 4.74. The summed E-state index contributed by atoms with van der Waals surface area (Å²) in [5.74, 6) is 0. The number of hydrogen-bond donors (Lipinski definition) is 1. The Hall–Kier alpha value is 0.200. The molecule has 10 heavy (non-hydrogen) atoms. The molecule has 0 radical (unpaired) electrons. The molecule has 1 aromatic rings. The summed E-state index contributed by atoms with van der Waals surface area (Å²) in [5.41, 5.74) is 0.786. The van der Waals surface area contributed by atoms with Crippen molar-refractivity contribution in [2.45, 2.75) is 6.61 Å². The van der Waals surface area contributed by atoms with Gasteiger partial charge in [-0.25, -0.2) is 0 Å². The van der Waals surface area contributed by atoms with Crippen LogP contribution in [-0.2, 0) is 6.61 Å². The van der Waals surface area contributed by atoms with E-state index in [9.17, 15) is 0 Å². The second-order valence-electron chi connectivity index (χ2n) is 1.89. The zero-order chi connectivity index (χ0) is 7.56. The quantitative estimate of drug-likeness (QED) is 0.776. The highest BCUT2D eigenvalue weighted by Gasteiger charge is 1.97. The van der Waals surface area contributed by atoms with Gasteiger partial charge in [-0.05, 0) is 46.4 Å². The fraction of sp³-hybridized carbons (Fsp3) is 0.143. The Morgan fingerprint density at radius 3 is 2.70 bits per heavy atom. The Bertz CT molecular complexity index is 237. The van der Waals surface area contributed by atoms with Crippen molar-refractivity contribution in [3.05, 3.63) is 32.4 Å². The van der Waals surface area contributed by atoms with Gasteiger partial charge in [-0.2, -0.15) is 0 Å². The lowest BCUT2D eigenvalue weighted by Gasteiger charge is -1.98. The van der Waals surface area contributed by atoms with Crippen LogP contribution in [0.5, 0.6) is 0 Å². The van der Waals surface area contributed by atoms with Crippen LogP contribution in [-0.4, -0.2) is 5.11 Å². The molecule has 1 nitrogen and oxygen atoms in total. The van der Waals surface area contributed by atoms with Gasteiger partial charge in [0.1, 0.15) is 0 Å². The molecule has 0 aliphatic heterocycles. The number of aliphatic hydroxyl groups excluding tert-OH is 1. The molecule has 0 atom stereocenters. The van der Waals surface area contributed by atoms with E-state index in [1.54, 1.807) is 6.07 Å². The first kappa shape index (κ1) is 8.30. The van der Waals surface area contributed by atoms with Crippen molar-refractivity contribution in [2.75, 3.05) is 0 Å². The zero-order valence-corrected chi connectivity index (χ0v) is 8.06. The molecule has 0 saturated heterocycles. The van der Waals surface area contributed by atoms with E-state index in [0.29, 0.717) is 5.02 Å². The summed E-state index contributed by atoms with van der Waals surface area (Å²) < 4.78 is 1.09. The van der Waals surface area contributed by atoms with Crippen LogP contribution in [0.2, 0.25) is 5.02 Å². The van der Waals surface area contributed by atoms with Gasteiger partial charge in [0.15, 0.2) is 0 Å². The molecule has 0 bridgehead atoms. The summed E-state index contributed by atoms with van der Waals surface area (Å²) in [4.78, 5) is 0. The molecule has 0 saturated carbocycles. The average molecular weight is 268 g/mol. The van der Waals surface area contributed by atoms with Crippen molar-refractivity contribution in [1.82, 2.24) is 0 Å². The van der Waals surface area contributed by atoms with Crippen LogP contribution in [0.15, 0.2) is 18.2 Å². The van der Waals surface area contributed by atoms with Gasteiger partial charge in [0, 0.05) is 8.59 Å². The highest BCUT2D eigenvalue weighted by Crippen LogP contribution is 2.18. The fourth-order valence-corrected chi connectivity index (χ4v) is 1.40. The van der Waals surface area contributed by atoms with Crippen molar-refractivity contribution in [3.63, 3.8) is 0 Å².